The van der Waals surface area contributed by atoms with Gasteiger partial charge < -0.3 is 0 Å². The largest absolute Gasteiger partial charge is 0.133 e. The van der Waals surface area contributed by atoms with E-state index in [0.29, 0.717) is 11.8 Å². The highest BCUT2D eigenvalue weighted by atomic mass is 14.2. The number of hydrogen-bond acceptors (Lipinski definition) is 0. The molecule has 0 fully saturated rings. The van der Waals surface area contributed by atoms with Crippen molar-refractivity contribution in [2.75, 3.05) is 0 Å². The molecule has 0 nitrogen and oxygen atoms in total. The van der Waals surface area contributed by atoms with Gasteiger partial charge in [-0.3, -0.25) is 0 Å². The Bertz CT molecular complexity index is 446. The van der Waals surface area contributed by atoms with Gasteiger partial charge in [-0.1, -0.05) is 58.2 Å². The van der Waals surface area contributed by atoms with E-state index in [-0.39, 0.29) is 0 Å². The van der Waals surface area contributed by atoms with Crippen LogP contribution in [-0.4, -0.2) is 0 Å². The molecule has 0 spiro atoms. The normalized spacial score (nSPS) is 14.1. The summed E-state index contributed by atoms with van der Waals surface area (Å²) >= 11 is 0. The van der Waals surface area contributed by atoms with Crippen molar-refractivity contribution in [1.29, 1.82) is 0 Å². The van der Waals surface area contributed by atoms with E-state index in [4.69, 9.17) is 0 Å². The summed E-state index contributed by atoms with van der Waals surface area (Å²) in [7, 11) is 0. The first kappa shape index (κ1) is 19.6. The molecule has 0 aromatic heterocycles. The molecule has 0 heterocycles. The van der Waals surface area contributed by atoms with Crippen molar-refractivity contribution in [1.82, 2.24) is 0 Å². The van der Waals surface area contributed by atoms with Crippen molar-refractivity contribution in [3.8, 4) is 0 Å². The van der Waals surface area contributed by atoms with Gasteiger partial charge in [-0.2, -0.15) is 0 Å². The Labute approximate surface area is 132 Å². The molecule has 0 aliphatic carbocycles. The van der Waals surface area contributed by atoms with Gasteiger partial charge in [0.05, 0.1) is 0 Å². The zero-order valence-electron chi connectivity index (χ0n) is 14.5. The fourth-order valence-electron chi connectivity index (χ4n) is 2.94. The van der Waals surface area contributed by atoms with Gasteiger partial charge in [0, 0.05) is 5.57 Å². The van der Waals surface area contributed by atoms with Gasteiger partial charge >= 0.3 is 0 Å². The van der Waals surface area contributed by atoms with E-state index in [9.17, 15) is 0 Å². The Morgan fingerprint density at radius 3 is 2.33 bits per heavy atom. The third-order valence-electron chi connectivity index (χ3n) is 4.01. The lowest BCUT2D eigenvalue weighted by Crippen LogP contribution is -2.06. The Morgan fingerprint density at radius 1 is 1.19 bits per heavy atom. The van der Waals surface area contributed by atoms with Crippen LogP contribution in [0.5, 0.6) is 0 Å². The van der Waals surface area contributed by atoms with E-state index in [2.05, 4.69) is 63.8 Å². The van der Waals surface area contributed by atoms with Gasteiger partial charge in [0.2, 0.25) is 0 Å². The molecule has 0 bridgehead atoms. The number of hydrogen-bond donors (Lipinski definition) is 0. The maximum atomic E-state index is 4.06. The third-order valence-corrected chi connectivity index (χ3v) is 4.01. The molecule has 0 radical (unpaired) electrons. The minimum atomic E-state index is 0.537. The molecule has 0 aromatic carbocycles. The van der Waals surface area contributed by atoms with Crippen LogP contribution < -0.4 is 0 Å². The van der Waals surface area contributed by atoms with E-state index < -0.39 is 0 Å². The third kappa shape index (κ3) is 8.44. The highest BCUT2D eigenvalue weighted by molar-refractivity contribution is 5.27. The second-order valence-corrected chi connectivity index (χ2v) is 6.22. The lowest BCUT2D eigenvalue weighted by Gasteiger charge is -2.19. The first-order valence-corrected chi connectivity index (χ1v) is 8.12. The van der Waals surface area contributed by atoms with E-state index in [0.717, 1.165) is 17.9 Å². The minimum absolute atomic E-state index is 0.537. The summed E-state index contributed by atoms with van der Waals surface area (Å²) in [4.78, 5) is 0. The fraction of sp³-hybridized carbons (Fsp3) is 0.571. The zero-order valence-corrected chi connectivity index (χ0v) is 14.5. The molecule has 0 saturated carbocycles. The quantitative estimate of drug-likeness (QED) is 0.312. The van der Waals surface area contributed by atoms with Crippen LogP contribution in [0.4, 0.5) is 0 Å². The monoisotopic (exact) mass is 284 g/mol. The first-order valence-electron chi connectivity index (χ1n) is 8.12. The molecule has 0 rings (SSSR count). The lowest BCUT2D eigenvalue weighted by molar-refractivity contribution is 0.400. The van der Waals surface area contributed by atoms with E-state index in [1.807, 2.05) is 6.92 Å². The molecular formula is C21H32. The number of allylic oxidation sites excluding steroid dienone is 3. The molecule has 3 atom stereocenters. The molecule has 0 N–H and O–H groups in total. The SMILES string of the molecule is C=C=C=C(C(=C)C)C(CC)CCCC(C)CC(C)C=C=C. The standard InChI is InChI=1S/C21H32/c1-8-12-18(6)16-19(7)14-11-15-20(10-3)21(13-9-2)17(4)5/h12,18-20H,1-2,4,10-11,14-16H2,3,5-7H3. The summed E-state index contributed by atoms with van der Waals surface area (Å²) in [5.74, 6) is 1.86. The molecule has 0 saturated heterocycles. The van der Waals surface area contributed by atoms with Crippen molar-refractivity contribution in [2.24, 2.45) is 17.8 Å². The molecule has 0 aliphatic rings. The van der Waals surface area contributed by atoms with Gasteiger partial charge in [0.1, 0.15) is 0 Å². The second-order valence-electron chi connectivity index (χ2n) is 6.22. The maximum absolute atomic E-state index is 4.06. The van der Waals surface area contributed by atoms with E-state index in [1.165, 1.54) is 31.3 Å². The smallest absolute Gasteiger partial charge is 0.00777 e. The second kappa shape index (κ2) is 11.2. The molecule has 116 valence electrons. The molecule has 0 aromatic rings. The summed E-state index contributed by atoms with van der Waals surface area (Å²) in [5.41, 5.74) is 11.1. The van der Waals surface area contributed by atoms with Crippen LogP contribution in [0.2, 0.25) is 0 Å². The molecule has 0 heteroatoms. The van der Waals surface area contributed by atoms with Crippen LogP contribution in [-0.2, 0) is 0 Å². The molecule has 0 amide bonds. The minimum Gasteiger partial charge on any atom is -0.133 e. The molecular weight excluding hydrogens is 252 g/mol. The summed E-state index contributed by atoms with van der Waals surface area (Å²) < 4.78 is 0. The Morgan fingerprint density at radius 2 is 1.86 bits per heavy atom. The first-order chi connectivity index (χ1) is 9.96. The Hall–Kier alpha value is -1.44. The summed E-state index contributed by atoms with van der Waals surface area (Å²) in [6.07, 6.45) is 8.13. The predicted octanol–water partition coefficient (Wildman–Crippen LogP) is 6.63. The summed E-state index contributed by atoms with van der Waals surface area (Å²) in [6.45, 7) is 20.2. The molecule has 3 unspecified atom stereocenters. The van der Waals surface area contributed by atoms with Gasteiger partial charge in [0.15, 0.2) is 0 Å². The Kier molecular flexibility index (Phi) is 10.5. The van der Waals surface area contributed by atoms with Crippen LogP contribution >= 0.6 is 0 Å². The summed E-state index contributed by atoms with van der Waals surface area (Å²) in [5, 5.41) is 0. The molecule has 0 aliphatic heterocycles. The van der Waals surface area contributed by atoms with Gasteiger partial charge in [0.25, 0.3) is 0 Å². The van der Waals surface area contributed by atoms with Crippen LogP contribution in [0.3, 0.4) is 0 Å². The van der Waals surface area contributed by atoms with E-state index in [1.54, 1.807) is 0 Å². The average Bonchev–Trinajstić information content (AvgIpc) is 2.41. The summed E-state index contributed by atoms with van der Waals surface area (Å²) in [6, 6.07) is 0. The van der Waals surface area contributed by atoms with Gasteiger partial charge in [-0.15, -0.1) is 5.73 Å². The topological polar surface area (TPSA) is 0 Å². The zero-order chi connectivity index (χ0) is 16.3. The number of rotatable bonds is 10. The fourth-order valence-corrected chi connectivity index (χ4v) is 2.94. The van der Waals surface area contributed by atoms with Crippen molar-refractivity contribution in [3.63, 3.8) is 0 Å². The highest BCUT2D eigenvalue weighted by Crippen LogP contribution is 2.27. The van der Waals surface area contributed by atoms with Gasteiger partial charge in [-0.25, -0.2) is 0 Å². The maximum Gasteiger partial charge on any atom is 0.00777 e. The van der Waals surface area contributed by atoms with Gasteiger partial charge in [-0.05, 0) is 62.2 Å². The van der Waals surface area contributed by atoms with Crippen LogP contribution in [0, 0.1) is 17.8 Å². The predicted molar refractivity (Wildman–Crippen MR) is 95.3 cm³/mol. The van der Waals surface area contributed by atoms with Crippen molar-refractivity contribution in [2.45, 2.75) is 59.8 Å². The van der Waals surface area contributed by atoms with Crippen LogP contribution in [0.1, 0.15) is 59.8 Å². The molecule has 21 heavy (non-hydrogen) atoms. The van der Waals surface area contributed by atoms with Crippen molar-refractivity contribution < 1.29 is 0 Å². The highest BCUT2D eigenvalue weighted by Gasteiger charge is 2.14. The average molecular weight is 284 g/mol. The van der Waals surface area contributed by atoms with Crippen molar-refractivity contribution in [3.05, 3.63) is 54.2 Å². The van der Waals surface area contributed by atoms with Crippen molar-refractivity contribution >= 4 is 0 Å². The van der Waals surface area contributed by atoms with Crippen LogP contribution in [0.15, 0.2) is 54.2 Å². The Balaban J connectivity index is 4.42. The van der Waals surface area contributed by atoms with E-state index >= 15 is 0 Å². The lowest BCUT2D eigenvalue weighted by atomic mass is 9.85. The van der Waals surface area contributed by atoms with Crippen LogP contribution in [0.25, 0.3) is 0 Å².